The molecule has 106 valence electrons. The van der Waals surface area contributed by atoms with E-state index in [4.69, 9.17) is 4.74 Å². The quantitative estimate of drug-likeness (QED) is 0.828. The predicted octanol–water partition coefficient (Wildman–Crippen LogP) is 3.46. The predicted molar refractivity (Wildman–Crippen MR) is 76.7 cm³/mol. The van der Waals surface area contributed by atoms with Gasteiger partial charge in [0, 0.05) is 12.0 Å². The number of hydrogen-bond acceptors (Lipinski definition) is 2. The fourth-order valence-corrected chi connectivity index (χ4v) is 4.36. The van der Waals surface area contributed by atoms with Gasteiger partial charge in [-0.2, -0.15) is 0 Å². The van der Waals surface area contributed by atoms with Gasteiger partial charge in [-0.3, -0.25) is 0 Å². The molecule has 0 amide bonds. The van der Waals surface area contributed by atoms with Crippen molar-refractivity contribution >= 4 is 0 Å². The third kappa shape index (κ3) is 3.48. The van der Waals surface area contributed by atoms with Crippen LogP contribution in [0.2, 0.25) is 0 Å². The summed E-state index contributed by atoms with van der Waals surface area (Å²) in [4.78, 5) is 0. The normalized spacial score (nSPS) is 43.0. The van der Waals surface area contributed by atoms with E-state index in [9.17, 15) is 0 Å². The smallest absolute Gasteiger partial charge is 0.0551 e. The molecule has 18 heavy (non-hydrogen) atoms. The molecule has 0 spiro atoms. The first-order chi connectivity index (χ1) is 8.60. The largest absolute Gasteiger partial charge is 0.378 e. The molecule has 0 bridgehead atoms. The van der Waals surface area contributed by atoms with Crippen LogP contribution in [0.15, 0.2) is 0 Å². The Morgan fingerprint density at radius 3 is 2.17 bits per heavy atom. The molecular weight excluding hydrogens is 222 g/mol. The minimum atomic E-state index is 0.467. The van der Waals surface area contributed by atoms with Crippen LogP contribution in [-0.4, -0.2) is 25.3 Å². The van der Waals surface area contributed by atoms with Crippen molar-refractivity contribution in [3.05, 3.63) is 0 Å². The van der Waals surface area contributed by atoms with Gasteiger partial charge in [-0.05, 0) is 56.9 Å². The molecule has 1 saturated carbocycles. The van der Waals surface area contributed by atoms with Crippen LogP contribution in [0.25, 0.3) is 0 Å². The summed E-state index contributed by atoms with van der Waals surface area (Å²) in [6.45, 7) is 11.4. The zero-order valence-corrected chi connectivity index (χ0v) is 12.6. The Kier molecular flexibility index (Phi) is 5.08. The van der Waals surface area contributed by atoms with Crippen LogP contribution in [0.4, 0.5) is 0 Å². The van der Waals surface area contributed by atoms with Gasteiger partial charge < -0.3 is 10.1 Å². The summed E-state index contributed by atoms with van der Waals surface area (Å²) in [5.41, 5.74) is 0. The van der Waals surface area contributed by atoms with Gasteiger partial charge >= 0.3 is 0 Å². The maximum atomic E-state index is 5.80. The Hall–Kier alpha value is -0.0800. The molecule has 0 aromatic carbocycles. The highest BCUT2D eigenvalue weighted by atomic mass is 16.5. The Bertz CT molecular complexity index is 245. The number of rotatable bonds is 4. The Balaban J connectivity index is 1.99. The second-order valence-electron chi connectivity index (χ2n) is 6.90. The molecule has 1 N–H and O–H groups in total. The molecule has 1 saturated heterocycles. The van der Waals surface area contributed by atoms with Crippen molar-refractivity contribution in [3.63, 3.8) is 0 Å². The van der Waals surface area contributed by atoms with Gasteiger partial charge in [0.15, 0.2) is 0 Å². The van der Waals surface area contributed by atoms with Gasteiger partial charge in [0.1, 0.15) is 0 Å². The highest BCUT2D eigenvalue weighted by molar-refractivity contribution is 4.90. The molecule has 2 aliphatic rings. The van der Waals surface area contributed by atoms with E-state index in [0.29, 0.717) is 12.1 Å². The summed E-state index contributed by atoms with van der Waals surface area (Å²) in [5, 5.41) is 3.78. The first-order valence-electron chi connectivity index (χ1n) is 7.95. The highest BCUT2D eigenvalue weighted by Crippen LogP contribution is 2.38. The van der Waals surface area contributed by atoms with Crippen molar-refractivity contribution in [2.75, 3.05) is 13.2 Å². The van der Waals surface area contributed by atoms with Gasteiger partial charge in [0.2, 0.25) is 0 Å². The van der Waals surface area contributed by atoms with Gasteiger partial charge in [-0.25, -0.2) is 0 Å². The van der Waals surface area contributed by atoms with E-state index in [1.807, 2.05) is 0 Å². The Labute approximate surface area is 113 Å². The second kappa shape index (κ2) is 6.38. The van der Waals surface area contributed by atoms with Crippen molar-refractivity contribution in [2.24, 2.45) is 23.7 Å². The zero-order chi connectivity index (χ0) is 13.1. The van der Waals surface area contributed by atoms with Crippen LogP contribution in [-0.2, 0) is 4.74 Å². The number of hydrogen-bond donors (Lipinski definition) is 1. The summed E-state index contributed by atoms with van der Waals surface area (Å²) in [7, 11) is 0. The van der Waals surface area contributed by atoms with Crippen molar-refractivity contribution in [3.8, 4) is 0 Å². The van der Waals surface area contributed by atoms with Gasteiger partial charge in [-0.1, -0.05) is 20.8 Å². The summed E-state index contributed by atoms with van der Waals surface area (Å²) in [6, 6.07) is 0.685. The van der Waals surface area contributed by atoms with Crippen LogP contribution in [0.1, 0.15) is 53.4 Å². The van der Waals surface area contributed by atoms with Crippen LogP contribution in [0.3, 0.4) is 0 Å². The maximum Gasteiger partial charge on any atom is 0.0551 e. The molecule has 5 atom stereocenters. The number of nitrogens with one attached hydrogen (secondary N) is 1. The average molecular weight is 253 g/mol. The molecule has 2 heteroatoms. The standard InChI is InChI=1S/C16H31NO/c1-5-17-16(15-9-13(4)18-10-15)14-7-11(2)6-12(3)8-14/h11-17H,5-10H2,1-4H3. The monoisotopic (exact) mass is 253 g/mol. The van der Waals surface area contributed by atoms with Crippen molar-refractivity contribution < 1.29 is 4.74 Å². The third-order valence-electron chi connectivity index (χ3n) is 4.90. The first-order valence-corrected chi connectivity index (χ1v) is 7.95. The van der Waals surface area contributed by atoms with E-state index >= 15 is 0 Å². The molecule has 1 aliphatic heterocycles. The van der Waals surface area contributed by atoms with Crippen molar-refractivity contribution in [2.45, 2.75) is 65.5 Å². The molecule has 0 aromatic rings. The van der Waals surface area contributed by atoms with Crippen LogP contribution < -0.4 is 5.32 Å². The van der Waals surface area contributed by atoms with Crippen LogP contribution in [0, 0.1) is 23.7 Å². The molecule has 2 nitrogen and oxygen atoms in total. The first kappa shape index (κ1) is 14.3. The van der Waals surface area contributed by atoms with E-state index in [1.54, 1.807) is 0 Å². The molecule has 2 rings (SSSR count). The van der Waals surface area contributed by atoms with E-state index in [2.05, 4.69) is 33.0 Å². The van der Waals surface area contributed by atoms with E-state index in [0.717, 1.165) is 36.8 Å². The van der Waals surface area contributed by atoms with E-state index in [-0.39, 0.29) is 0 Å². The van der Waals surface area contributed by atoms with Gasteiger partial charge in [0.25, 0.3) is 0 Å². The van der Waals surface area contributed by atoms with Gasteiger partial charge in [-0.15, -0.1) is 0 Å². The fraction of sp³-hybridized carbons (Fsp3) is 1.00. The van der Waals surface area contributed by atoms with Crippen LogP contribution in [0.5, 0.6) is 0 Å². The zero-order valence-electron chi connectivity index (χ0n) is 12.6. The third-order valence-corrected chi connectivity index (χ3v) is 4.90. The van der Waals surface area contributed by atoms with Crippen LogP contribution >= 0.6 is 0 Å². The SMILES string of the molecule is CCNC(C1CC(C)CC(C)C1)C1COC(C)C1. The van der Waals surface area contributed by atoms with Crippen molar-refractivity contribution in [1.82, 2.24) is 5.32 Å². The molecule has 1 heterocycles. The summed E-state index contributed by atoms with van der Waals surface area (Å²) >= 11 is 0. The Morgan fingerprint density at radius 2 is 1.67 bits per heavy atom. The van der Waals surface area contributed by atoms with E-state index in [1.165, 1.54) is 25.7 Å². The molecule has 5 unspecified atom stereocenters. The minimum Gasteiger partial charge on any atom is -0.378 e. The molecule has 0 radical (unpaired) electrons. The minimum absolute atomic E-state index is 0.467. The highest BCUT2D eigenvalue weighted by Gasteiger charge is 2.37. The molecule has 1 aliphatic carbocycles. The lowest BCUT2D eigenvalue weighted by molar-refractivity contribution is 0.103. The summed E-state index contributed by atoms with van der Waals surface area (Å²) in [6.07, 6.45) is 5.96. The molecule has 2 fully saturated rings. The lowest BCUT2D eigenvalue weighted by Crippen LogP contribution is -2.45. The topological polar surface area (TPSA) is 21.3 Å². The fourth-order valence-electron chi connectivity index (χ4n) is 4.36. The summed E-state index contributed by atoms with van der Waals surface area (Å²) < 4.78 is 5.80. The summed E-state index contributed by atoms with van der Waals surface area (Å²) in [5.74, 6) is 3.41. The Morgan fingerprint density at radius 1 is 1.00 bits per heavy atom. The lowest BCUT2D eigenvalue weighted by Gasteiger charge is -2.39. The van der Waals surface area contributed by atoms with Crippen molar-refractivity contribution in [1.29, 1.82) is 0 Å². The van der Waals surface area contributed by atoms with E-state index < -0.39 is 0 Å². The lowest BCUT2D eigenvalue weighted by atomic mass is 9.71. The second-order valence-corrected chi connectivity index (χ2v) is 6.90. The number of ether oxygens (including phenoxy) is 1. The van der Waals surface area contributed by atoms with Gasteiger partial charge in [0.05, 0.1) is 12.7 Å². The average Bonchev–Trinajstić information content (AvgIpc) is 2.71. The maximum absolute atomic E-state index is 5.80. The molecule has 0 aromatic heterocycles. The molecular formula is C16H31NO.